The molecule has 6 heteroatoms. The van der Waals surface area contributed by atoms with Gasteiger partial charge in [0.2, 0.25) is 0 Å². The van der Waals surface area contributed by atoms with Gasteiger partial charge in [0.25, 0.3) is 5.91 Å². The minimum Gasteiger partial charge on any atom is -0.489 e. The van der Waals surface area contributed by atoms with E-state index in [1.807, 2.05) is 37.8 Å². The SMILES string of the molecule is Cc1noc(C)c1COc1ccc(C(=O)N2CCO[C@H](C)C2)cc1. The van der Waals surface area contributed by atoms with Gasteiger partial charge in [-0.05, 0) is 45.0 Å². The molecule has 1 saturated heterocycles. The zero-order chi connectivity index (χ0) is 17.1. The first-order valence-electron chi connectivity index (χ1n) is 8.10. The molecule has 0 bridgehead atoms. The van der Waals surface area contributed by atoms with Crippen molar-refractivity contribution in [2.75, 3.05) is 19.7 Å². The van der Waals surface area contributed by atoms with Crippen molar-refractivity contribution in [2.24, 2.45) is 0 Å². The summed E-state index contributed by atoms with van der Waals surface area (Å²) >= 11 is 0. The van der Waals surface area contributed by atoms with Crippen LogP contribution < -0.4 is 4.74 Å². The lowest BCUT2D eigenvalue weighted by Crippen LogP contribution is -2.44. The molecule has 0 spiro atoms. The highest BCUT2D eigenvalue weighted by Gasteiger charge is 2.22. The highest BCUT2D eigenvalue weighted by atomic mass is 16.5. The van der Waals surface area contributed by atoms with Crippen molar-refractivity contribution in [3.63, 3.8) is 0 Å². The molecular formula is C18H22N2O4. The summed E-state index contributed by atoms with van der Waals surface area (Å²) in [6, 6.07) is 7.22. The maximum absolute atomic E-state index is 12.5. The van der Waals surface area contributed by atoms with Crippen molar-refractivity contribution in [3.8, 4) is 5.75 Å². The lowest BCUT2D eigenvalue weighted by Gasteiger charge is -2.31. The molecule has 1 amide bonds. The molecule has 1 atom stereocenters. The van der Waals surface area contributed by atoms with Crippen molar-refractivity contribution in [1.82, 2.24) is 10.1 Å². The molecule has 2 aromatic rings. The molecule has 0 radical (unpaired) electrons. The Kier molecular flexibility index (Phi) is 4.85. The van der Waals surface area contributed by atoms with E-state index in [9.17, 15) is 4.79 Å². The van der Waals surface area contributed by atoms with Gasteiger partial charge in [-0.25, -0.2) is 0 Å². The number of amides is 1. The number of hydrogen-bond donors (Lipinski definition) is 0. The van der Waals surface area contributed by atoms with Crippen LogP contribution in [-0.2, 0) is 11.3 Å². The van der Waals surface area contributed by atoms with Crippen LogP contribution in [0, 0.1) is 13.8 Å². The molecule has 0 aliphatic carbocycles. The molecule has 0 unspecified atom stereocenters. The Balaban J connectivity index is 1.62. The van der Waals surface area contributed by atoms with Crippen LogP contribution in [0.1, 0.15) is 34.3 Å². The van der Waals surface area contributed by atoms with Crippen molar-refractivity contribution in [1.29, 1.82) is 0 Å². The molecule has 1 aliphatic heterocycles. The third-order valence-corrected chi connectivity index (χ3v) is 4.19. The Bertz CT molecular complexity index is 689. The zero-order valence-electron chi connectivity index (χ0n) is 14.2. The van der Waals surface area contributed by atoms with Gasteiger partial charge in [0.1, 0.15) is 18.1 Å². The number of rotatable bonds is 4. The monoisotopic (exact) mass is 330 g/mol. The summed E-state index contributed by atoms with van der Waals surface area (Å²) in [5, 5.41) is 3.91. The summed E-state index contributed by atoms with van der Waals surface area (Å²) < 4.78 is 16.4. The first kappa shape index (κ1) is 16.5. The Labute approximate surface area is 141 Å². The summed E-state index contributed by atoms with van der Waals surface area (Å²) in [6.07, 6.45) is 0.0837. The first-order valence-corrected chi connectivity index (χ1v) is 8.10. The summed E-state index contributed by atoms with van der Waals surface area (Å²) in [7, 11) is 0. The van der Waals surface area contributed by atoms with Crippen LogP contribution in [0.4, 0.5) is 0 Å². The fraction of sp³-hybridized carbons (Fsp3) is 0.444. The molecule has 1 aliphatic rings. The maximum Gasteiger partial charge on any atom is 0.254 e. The maximum atomic E-state index is 12.5. The molecule has 0 N–H and O–H groups in total. The zero-order valence-corrected chi connectivity index (χ0v) is 14.2. The summed E-state index contributed by atoms with van der Waals surface area (Å²) in [5.74, 6) is 1.50. The predicted octanol–water partition coefficient (Wildman–Crippen LogP) is 2.73. The Hall–Kier alpha value is -2.34. The standard InChI is InChI=1S/C18H22N2O4/c1-12-10-20(8-9-22-12)18(21)15-4-6-16(7-5-15)23-11-17-13(2)19-24-14(17)3/h4-7,12H,8-11H2,1-3H3/t12-/m1/s1. The van der Waals surface area contributed by atoms with Crippen LogP contribution in [0.2, 0.25) is 0 Å². The second-order valence-corrected chi connectivity index (χ2v) is 6.05. The fourth-order valence-electron chi connectivity index (χ4n) is 2.74. The number of hydrogen-bond acceptors (Lipinski definition) is 5. The molecule has 1 aromatic heterocycles. The summed E-state index contributed by atoms with van der Waals surface area (Å²) in [4.78, 5) is 14.3. The lowest BCUT2D eigenvalue weighted by atomic mass is 10.1. The van der Waals surface area contributed by atoms with Gasteiger partial charge in [0.05, 0.1) is 24.0 Å². The molecule has 2 heterocycles. The van der Waals surface area contributed by atoms with Gasteiger partial charge in [-0.3, -0.25) is 4.79 Å². The normalized spacial score (nSPS) is 17.8. The van der Waals surface area contributed by atoms with Crippen molar-refractivity contribution >= 4 is 5.91 Å². The quantitative estimate of drug-likeness (QED) is 0.862. The average molecular weight is 330 g/mol. The van der Waals surface area contributed by atoms with Crippen molar-refractivity contribution < 1.29 is 18.8 Å². The number of benzene rings is 1. The van der Waals surface area contributed by atoms with Gasteiger partial charge >= 0.3 is 0 Å². The molecule has 0 saturated carbocycles. The smallest absolute Gasteiger partial charge is 0.254 e. The summed E-state index contributed by atoms with van der Waals surface area (Å²) in [5.41, 5.74) is 2.45. The van der Waals surface area contributed by atoms with Crippen LogP contribution in [0.5, 0.6) is 5.75 Å². The van der Waals surface area contributed by atoms with Gasteiger partial charge in [0, 0.05) is 18.7 Å². The Morgan fingerprint density at radius 1 is 1.33 bits per heavy atom. The van der Waals surface area contributed by atoms with Crippen LogP contribution in [0.3, 0.4) is 0 Å². The van der Waals surface area contributed by atoms with Crippen LogP contribution in [0.15, 0.2) is 28.8 Å². The van der Waals surface area contributed by atoms with Gasteiger partial charge in [0.15, 0.2) is 0 Å². The van der Waals surface area contributed by atoms with E-state index >= 15 is 0 Å². The van der Waals surface area contributed by atoms with Crippen molar-refractivity contribution in [3.05, 3.63) is 46.8 Å². The number of ether oxygens (including phenoxy) is 2. The van der Waals surface area contributed by atoms with E-state index in [1.165, 1.54) is 0 Å². The average Bonchev–Trinajstić information content (AvgIpc) is 2.91. The van der Waals surface area contributed by atoms with E-state index in [0.29, 0.717) is 37.6 Å². The van der Waals surface area contributed by atoms with Crippen LogP contribution >= 0.6 is 0 Å². The number of carbonyl (C=O) groups excluding carboxylic acids is 1. The molecule has 128 valence electrons. The molecule has 1 aromatic carbocycles. The van der Waals surface area contributed by atoms with Gasteiger partial charge in [-0.15, -0.1) is 0 Å². The number of morpholine rings is 1. The Morgan fingerprint density at radius 3 is 2.71 bits per heavy atom. The minimum absolute atomic E-state index is 0.0300. The first-order chi connectivity index (χ1) is 11.5. The molecular weight excluding hydrogens is 308 g/mol. The van der Waals surface area contributed by atoms with E-state index < -0.39 is 0 Å². The van der Waals surface area contributed by atoms with Gasteiger partial charge < -0.3 is 18.9 Å². The van der Waals surface area contributed by atoms with E-state index in [2.05, 4.69) is 5.16 Å². The van der Waals surface area contributed by atoms with Gasteiger partial charge in [-0.2, -0.15) is 0 Å². The van der Waals surface area contributed by atoms with E-state index in [0.717, 1.165) is 17.0 Å². The van der Waals surface area contributed by atoms with Crippen LogP contribution in [-0.4, -0.2) is 41.8 Å². The van der Waals surface area contributed by atoms with Gasteiger partial charge in [-0.1, -0.05) is 5.16 Å². The third kappa shape index (κ3) is 3.59. The molecule has 1 fully saturated rings. The second kappa shape index (κ2) is 7.05. The largest absolute Gasteiger partial charge is 0.489 e. The lowest BCUT2D eigenvalue weighted by molar-refractivity contribution is -0.0124. The second-order valence-electron chi connectivity index (χ2n) is 6.05. The number of aromatic nitrogens is 1. The van der Waals surface area contributed by atoms with E-state index in [1.54, 1.807) is 12.1 Å². The molecule has 24 heavy (non-hydrogen) atoms. The fourth-order valence-corrected chi connectivity index (χ4v) is 2.74. The molecule has 3 rings (SSSR count). The number of aryl methyl sites for hydroxylation is 2. The number of nitrogens with zero attached hydrogens (tertiary/aromatic N) is 2. The van der Waals surface area contributed by atoms with Crippen LogP contribution in [0.25, 0.3) is 0 Å². The summed E-state index contributed by atoms with van der Waals surface area (Å²) in [6.45, 7) is 7.98. The Morgan fingerprint density at radius 2 is 2.08 bits per heavy atom. The van der Waals surface area contributed by atoms with E-state index in [-0.39, 0.29) is 12.0 Å². The highest BCUT2D eigenvalue weighted by Crippen LogP contribution is 2.19. The topological polar surface area (TPSA) is 64.8 Å². The minimum atomic E-state index is 0.0300. The predicted molar refractivity (Wildman–Crippen MR) is 88.1 cm³/mol. The number of carbonyl (C=O) groups is 1. The highest BCUT2D eigenvalue weighted by molar-refractivity contribution is 5.94. The van der Waals surface area contributed by atoms with E-state index in [4.69, 9.17) is 14.0 Å². The molecule has 6 nitrogen and oxygen atoms in total. The third-order valence-electron chi connectivity index (χ3n) is 4.19. The van der Waals surface area contributed by atoms with Crippen molar-refractivity contribution in [2.45, 2.75) is 33.5 Å².